The zero-order chi connectivity index (χ0) is 16.9. The molecule has 7 nitrogen and oxygen atoms in total. The number of hydrogen-bond acceptors (Lipinski definition) is 5. The second-order valence-corrected chi connectivity index (χ2v) is 5.48. The molecule has 0 bridgehead atoms. The fourth-order valence-corrected chi connectivity index (χ4v) is 2.51. The van der Waals surface area contributed by atoms with Crippen LogP contribution in [0.2, 0.25) is 0 Å². The summed E-state index contributed by atoms with van der Waals surface area (Å²) in [6.07, 6.45) is 0.644. The number of guanidine groups is 1. The van der Waals surface area contributed by atoms with Gasteiger partial charge in [-0.15, -0.1) is 0 Å². The summed E-state index contributed by atoms with van der Waals surface area (Å²) in [6, 6.07) is 8.03. The van der Waals surface area contributed by atoms with Crippen molar-refractivity contribution in [2.24, 2.45) is 4.99 Å². The number of rotatable bonds is 5. The van der Waals surface area contributed by atoms with Crippen molar-refractivity contribution in [3.63, 3.8) is 0 Å². The fourth-order valence-electron chi connectivity index (χ4n) is 2.51. The predicted octanol–water partition coefficient (Wildman–Crippen LogP) is 2.34. The molecule has 0 spiro atoms. The molecule has 7 heteroatoms. The van der Waals surface area contributed by atoms with Crippen molar-refractivity contribution in [3.05, 3.63) is 47.3 Å². The van der Waals surface area contributed by atoms with Crippen LogP contribution in [0.15, 0.2) is 38.2 Å². The van der Waals surface area contributed by atoms with Crippen LogP contribution in [0.1, 0.15) is 23.0 Å². The lowest BCUT2D eigenvalue weighted by Gasteiger charge is -2.10. The minimum Gasteiger partial charge on any atom is -0.459 e. The maximum atomic E-state index is 5.89. The highest BCUT2D eigenvalue weighted by Crippen LogP contribution is 2.24. The first-order valence-corrected chi connectivity index (χ1v) is 7.88. The van der Waals surface area contributed by atoms with Crippen LogP contribution in [0.25, 0.3) is 11.0 Å². The molecule has 2 N–H and O–H groups in total. The van der Waals surface area contributed by atoms with Gasteiger partial charge in [0.1, 0.15) is 11.3 Å². The maximum absolute atomic E-state index is 5.89. The van der Waals surface area contributed by atoms with Crippen LogP contribution >= 0.6 is 0 Å². The fraction of sp³-hybridized carbons (Fsp3) is 0.353. The highest BCUT2D eigenvalue weighted by Gasteiger charge is 2.10. The Bertz CT molecular complexity index is 850. The van der Waals surface area contributed by atoms with Gasteiger partial charge >= 0.3 is 0 Å². The van der Waals surface area contributed by atoms with E-state index >= 15 is 0 Å². The summed E-state index contributed by atoms with van der Waals surface area (Å²) in [6.45, 7) is 5.09. The van der Waals surface area contributed by atoms with Crippen LogP contribution in [0.3, 0.4) is 0 Å². The Kier molecular flexibility index (Phi) is 4.79. The third-order valence-corrected chi connectivity index (χ3v) is 3.78. The Morgan fingerprint density at radius 3 is 2.75 bits per heavy atom. The molecule has 126 valence electrons. The first-order valence-electron chi connectivity index (χ1n) is 7.88. The highest BCUT2D eigenvalue weighted by molar-refractivity contribution is 5.82. The average Bonchev–Trinajstić information content (AvgIpc) is 3.15. The summed E-state index contributed by atoms with van der Waals surface area (Å²) in [7, 11) is 1.73. The standard InChI is InChI=1S/C17H21N5O2/c1-11-13-6-4-5-7-14(13)23-15(11)10-20-17(18-3)19-9-8-16-21-12(2)22-24-16/h4-7H,8-10H2,1-3H3,(H2,18,19,20). The largest absolute Gasteiger partial charge is 0.459 e. The monoisotopic (exact) mass is 327 g/mol. The van der Waals surface area contributed by atoms with Crippen LogP contribution in [0.4, 0.5) is 0 Å². The second-order valence-electron chi connectivity index (χ2n) is 5.48. The Morgan fingerprint density at radius 1 is 1.21 bits per heavy atom. The highest BCUT2D eigenvalue weighted by atomic mass is 16.5. The summed E-state index contributed by atoms with van der Waals surface area (Å²) in [5.74, 6) is 2.87. The van der Waals surface area contributed by atoms with Gasteiger partial charge in [0.25, 0.3) is 0 Å². The van der Waals surface area contributed by atoms with Gasteiger partial charge in [0.15, 0.2) is 11.8 Å². The number of aryl methyl sites for hydroxylation is 2. The van der Waals surface area contributed by atoms with Crippen molar-refractivity contribution in [2.45, 2.75) is 26.8 Å². The summed E-state index contributed by atoms with van der Waals surface area (Å²) in [5.41, 5.74) is 2.05. The first kappa shape index (κ1) is 16.0. The Labute approximate surface area is 140 Å². The molecule has 0 aliphatic heterocycles. The van der Waals surface area contributed by atoms with Gasteiger partial charge in [-0.05, 0) is 19.9 Å². The molecule has 3 rings (SSSR count). The van der Waals surface area contributed by atoms with Gasteiger partial charge in [0.2, 0.25) is 5.89 Å². The molecule has 3 aromatic rings. The van der Waals surface area contributed by atoms with Crippen molar-refractivity contribution < 1.29 is 8.94 Å². The molecule has 0 saturated heterocycles. The lowest BCUT2D eigenvalue weighted by molar-refractivity contribution is 0.374. The Balaban J connectivity index is 1.54. The molecule has 2 heterocycles. The quantitative estimate of drug-likeness (QED) is 0.552. The lowest BCUT2D eigenvalue weighted by atomic mass is 10.1. The summed E-state index contributed by atoms with van der Waals surface area (Å²) < 4.78 is 11.0. The number of furan rings is 1. The number of hydrogen-bond donors (Lipinski definition) is 2. The van der Waals surface area contributed by atoms with E-state index in [9.17, 15) is 0 Å². The van der Waals surface area contributed by atoms with Crippen LogP contribution in [-0.4, -0.2) is 29.7 Å². The number of nitrogens with zero attached hydrogens (tertiary/aromatic N) is 3. The smallest absolute Gasteiger partial charge is 0.228 e. The van der Waals surface area contributed by atoms with E-state index in [4.69, 9.17) is 8.94 Å². The van der Waals surface area contributed by atoms with Crippen molar-refractivity contribution in [1.29, 1.82) is 0 Å². The van der Waals surface area contributed by atoms with E-state index in [0.29, 0.717) is 37.2 Å². The molecule has 0 aliphatic rings. The van der Waals surface area contributed by atoms with Gasteiger partial charge in [0.05, 0.1) is 6.54 Å². The van der Waals surface area contributed by atoms with Gasteiger partial charge in [0, 0.05) is 31.0 Å². The number of aliphatic imine (C=N–C) groups is 1. The molecule has 0 fully saturated rings. The molecule has 2 aromatic heterocycles. The topological polar surface area (TPSA) is 88.5 Å². The van der Waals surface area contributed by atoms with Gasteiger partial charge in [-0.1, -0.05) is 23.4 Å². The van der Waals surface area contributed by atoms with Gasteiger partial charge in [-0.2, -0.15) is 4.98 Å². The van der Waals surface area contributed by atoms with Crippen LogP contribution in [-0.2, 0) is 13.0 Å². The summed E-state index contributed by atoms with van der Waals surface area (Å²) >= 11 is 0. The van der Waals surface area contributed by atoms with Gasteiger partial charge in [-0.3, -0.25) is 4.99 Å². The number of fused-ring (bicyclic) bond motifs is 1. The van der Waals surface area contributed by atoms with Crippen LogP contribution in [0.5, 0.6) is 0 Å². The molecule has 0 unspecified atom stereocenters. The minimum atomic E-state index is 0.569. The molecule has 24 heavy (non-hydrogen) atoms. The molecular formula is C17H21N5O2. The first-order chi connectivity index (χ1) is 11.7. The zero-order valence-electron chi connectivity index (χ0n) is 14.1. The summed E-state index contributed by atoms with van der Waals surface area (Å²) in [4.78, 5) is 8.38. The van der Waals surface area contributed by atoms with E-state index < -0.39 is 0 Å². The molecule has 1 aromatic carbocycles. The van der Waals surface area contributed by atoms with Crippen molar-refractivity contribution in [1.82, 2.24) is 20.8 Å². The molecule has 0 amide bonds. The number of nitrogens with one attached hydrogen (secondary N) is 2. The van der Waals surface area contributed by atoms with E-state index in [1.807, 2.05) is 18.2 Å². The average molecular weight is 327 g/mol. The molecule has 0 radical (unpaired) electrons. The number of benzene rings is 1. The van der Waals surface area contributed by atoms with Gasteiger partial charge < -0.3 is 19.6 Å². The normalized spacial score (nSPS) is 11.9. The second kappa shape index (κ2) is 7.16. The van der Waals surface area contributed by atoms with E-state index in [1.54, 1.807) is 14.0 Å². The zero-order valence-corrected chi connectivity index (χ0v) is 14.1. The van der Waals surface area contributed by atoms with E-state index in [-0.39, 0.29) is 0 Å². The summed E-state index contributed by atoms with van der Waals surface area (Å²) in [5, 5.41) is 11.4. The minimum absolute atomic E-state index is 0.569. The van der Waals surface area contributed by atoms with E-state index in [0.717, 1.165) is 22.3 Å². The SMILES string of the molecule is CN=C(NCCc1nc(C)no1)NCc1oc2ccccc2c1C. The van der Waals surface area contributed by atoms with Crippen LogP contribution < -0.4 is 10.6 Å². The molecule has 0 aliphatic carbocycles. The van der Waals surface area contributed by atoms with Crippen molar-refractivity contribution in [3.8, 4) is 0 Å². The van der Waals surface area contributed by atoms with E-state index in [1.165, 1.54) is 0 Å². The lowest BCUT2D eigenvalue weighted by Crippen LogP contribution is -2.37. The van der Waals surface area contributed by atoms with Crippen molar-refractivity contribution in [2.75, 3.05) is 13.6 Å². The van der Waals surface area contributed by atoms with E-state index in [2.05, 4.69) is 38.8 Å². The van der Waals surface area contributed by atoms with Crippen molar-refractivity contribution >= 4 is 16.9 Å². The number of para-hydroxylation sites is 1. The molecular weight excluding hydrogens is 306 g/mol. The molecule has 0 saturated carbocycles. The third kappa shape index (κ3) is 3.56. The van der Waals surface area contributed by atoms with Gasteiger partial charge in [-0.25, -0.2) is 0 Å². The Hall–Kier alpha value is -2.83. The maximum Gasteiger partial charge on any atom is 0.228 e. The Morgan fingerprint density at radius 2 is 2.04 bits per heavy atom. The predicted molar refractivity (Wildman–Crippen MR) is 91.9 cm³/mol. The third-order valence-electron chi connectivity index (χ3n) is 3.78. The number of aromatic nitrogens is 2. The van der Waals surface area contributed by atoms with Crippen LogP contribution in [0, 0.1) is 13.8 Å². The molecule has 0 atom stereocenters.